The summed E-state index contributed by atoms with van der Waals surface area (Å²) in [4.78, 5) is 0. The molecule has 0 amide bonds. The van der Waals surface area contributed by atoms with Crippen LogP contribution in [0, 0.1) is 5.92 Å². The minimum atomic E-state index is 0.166. The van der Waals surface area contributed by atoms with E-state index in [9.17, 15) is 0 Å². The predicted octanol–water partition coefficient (Wildman–Crippen LogP) is 2.32. The van der Waals surface area contributed by atoms with E-state index in [0.29, 0.717) is 5.92 Å². The molecule has 7 heteroatoms. The van der Waals surface area contributed by atoms with Gasteiger partial charge in [0.15, 0.2) is 0 Å². The Labute approximate surface area is 172 Å². The van der Waals surface area contributed by atoms with Gasteiger partial charge in [0.25, 0.3) is 0 Å². The highest BCUT2D eigenvalue weighted by Gasteiger charge is 2.30. The Bertz CT molecular complexity index is 800. The van der Waals surface area contributed by atoms with E-state index in [2.05, 4.69) is 28.3 Å². The van der Waals surface area contributed by atoms with Gasteiger partial charge in [-0.1, -0.05) is 12.1 Å². The predicted molar refractivity (Wildman–Crippen MR) is 113 cm³/mol. The van der Waals surface area contributed by atoms with Crippen LogP contribution in [-0.4, -0.2) is 48.1 Å². The molecule has 0 spiro atoms. The summed E-state index contributed by atoms with van der Waals surface area (Å²) in [5.41, 5.74) is 8.95. The van der Waals surface area contributed by atoms with Crippen LogP contribution in [0.5, 0.6) is 23.0 Å². The zero-order valence-electron chi connectivity index (χ0n) is 17.6. The second-order valence-corrected chi connectivity index (χ2v) is 7.00. The summed E-state index contributed by atoms with van der Waals surface area (Å²) in [6.45, 7) is 2.64. The molecule has 1 fully saturated rings. The quantitative estimate of drug-likeness (QED) is 0.528. The second-order valence-electron chi connectivity index (χ2n) is 7.00. The van der Waals surface area contributed by atoms with Crippen molar-refractivity contribution in [2.75, 3.05) is 48.1 Å². The molecule has 2 unspecified atom stereocenters. The highest BCUT2D eigenvalue weighted by Crippen LogP contribution is 2.34. The molecule has 3 rings (SSSR count). The van der Waals surface area contributed by atoms with E-state index in [-0.39, 0.29) is 6.04 Å². The minimum Gasteiger partial charge on any atom is -0.497 e. The highest BCUT2D eigenvalue weighted by atomic mass is 16.5. The minimum absolute atomic E-state index is 0.166. The molecule has 0 aliphatic carbocycles. The Morgan fingerprint density at radius 1 is 0.897 bits per heavy atom. The van der Waals surface area contributed by atoms with Crippen LogP contribution in [0.2, 0.25) is 0 Å². The monoisotopic (exact) mass is 401 g/mol. The van der Waals surface area contributed by atoms with Gasteiger partial charge in [0.05, 0.1) is 34.5 Å². The van der Waals surface area contributed by atoms with Crippen molar-refractivity contribution in [3.63, 3.8) is 0 Å². The fourth-order valence-corrected chi connectivity index (χ4v) is 3.70. The van der Waals surface area contributed by atoms with Crippen molar-refractivity contribution in [2.24, 2.45) is 5.92 Å². The maximum Gasteiger partial charge on any atom is 0.127 e. The van der Waals surface area contributed by atoms with Crippen LogP contribution in [-0.2, 0) is 6.42 Å². The molecule has 29 heavy (non-hydrogen) atoms. The maximum atomic E-state index is 5.58. The van der Waals surface area contributed by atoms with E-state index in [4.69, 9.17) is 18.9 Å². The molecule has 2 aromatic carbocycles. The van der Waals surface area contributed by atoms with Crippen molar-refractivity contribution in [3.05, 3.63) is 47.5 Å². The average Bonchev–Trinajstić information content (AvgIpc) is 3.24. The van der Waals surface area contributed by atoms with Crippen molar-refractivity contribution in [2.45, 2.75) is 12.5 Å². The van der Waals surface area contributed by atoms with Crippen LogP contribution in [0.15, 0.2) is 36.4 Å². The van der Waals surface area contributed by atoms with Gasteiger partial charge in [0, 0.05) is 36.7 Å². The van der Waals surface area contributed by atoms with Crippen LogP contribution in [0.3, 0.4) is 0 Å². The molecule has 1 aliphatic rings. The number of methoxy groups -OCH3 is 4. The van der Waals surface area contributed by atoms with Gasteiger partial charge in [-0.3, -0.25) is 5.43 Å². The number of hydrogen-bond acceptors (Lipinski definition) is 7. The molecule has 1 aliphatic heterocycles. The third-order valence-electron chi connectivity index (χ3n) is 5.34. The first-order chi connectivity index (χ1) is 14.2. The van der Waals surface area contributed by atoms with Crippen molar-refractivity contribution >= 4 is 0 Å². The van der Waals surface area contributed by atoms with Crippen LogP contribution in [0.4, 0.5) is 0 Å². The van der Waals surface area contributed by atoms with E-state index >= 15 is 0 Å². The molecule has 7 nitrogen and oxygen atoms in total. The molecule has 0 radical (unpaired) electrons. The fraction of sp³-hybridized carbons (Fsp3) is 0.455. The molecule has 2 atom stereocenters. The summed E-state index contributed by atoms with van der Waals surface area (Å²) < 4.78 is 21.6. The van der Waals surface area contributed by atoms with Gasteiger partial charge in [-0.05, 0) is 30.7 Å². The molecular formula is C22H31N3O4. The Balaban J connectivity index is 1.57. The van der Waals surface area contributed by atoms with E-state index < -0.39 is 0 Å². The van der Waals surface area contributed by atoms with Crippen LogP contribution in [0.1, 0.15) is 17.2 Å². The zero-order chi connectivity index (χ0) is 20.6. The molecular weight excluding hydrogens is 370 g/mol. The standard InChI is InChI=1S/C22H31N3O4/c1-26-17-6-5-15(20(11-17)28-3)9-10-23-13-16-14-24-25-22(16)19-8-7-18(27-2)12-21(19)29-4/h5-8,11-12,16,22-25H,9-10,13-14H2,1-4H3. The summed E-state index contributed by atoms with van der Waals surface area (Å²) in [5.74, 6) is 3.68. The van der Waals surface area contributed by atoms with Crippen molar-refractivity contribution in [1.29, 1.82) is 0 Å². The van der Waals surface area contributed by atoms with E-state index in [1.165, 1.54) is 0 Å². The van der Waals surface area contributed by atoms with Gasteiger partial charge in [0.2, 0.25) is 0 Å². The summed E-state index contributed by atoms with van der Waals surface area (Å²) in [7, 11) is 6.70. The maximum absolute atomic E-state index is 5.58. The molecule has 3 N–H and O–H groups in total. The average molecular weight is 402 g/mol. The molecule has 0 aromatic heterocycles. The van der Waals surface area contributed by atoms with E-state index in [1.54, 1.807) is 28.4 Å². The Hall–Kier alpha value is -2.48. The number of benzene rings is 2. The summed E-state index contributed by atoms with van der Waals surface area (Å²) in [5, 5.41) is 3.58. The largest absolute Gasteiger partial charge is 0.497 e. The summed E-state index contributed by atoms with van der Waals surface area (Å²) >= 11 is 0. The van der Waals surface area contributed by atoms with Gasteiger partial charge in [-0.25, -0.2) is 5.43 Å². The van der Waals surface area contributed by atoms with Crippen LogP contribution >= 0.6 is 0 Å². The molecule has 2 aromatic rings. The summed E-state index contributed by atoms with van der Waals surface area (Å²) in [6.07, 6.45) is 0.886. The normalized spacial score (nSPS) is 18.5. The van der Waals surface area contributed by atoms with Gasteiger partial charge >= 0.3 is 0 Å². The Morgan fingerprint density at radius 2 is 1.59 bits per heavy atom. The van der Waals surface area contributed by atoms with Gasteiger partial charge in [0.1, 0.15) is 23.0 Å². The van der Waals surface area contributed by atoms with Crippen LogP contribution in [0.25, 0.3) is 0 Å². The first-order valence-corrected chi connectivity index (χ1v) is 9.82. The van der Waals surface area contributed by atoms with Crippen LogP contribution < -0.4 is 35.1 Å². The molecule has 158 valence electrons. The SMILES string of the molecule is COc1ccc(CCNCC2CNNC2c2ccc(OC)cc2OC)c(OC)c1. The number of nitrogens with one attached hydrogen (secondary N) is 3. The van der Waals surface area contributed by atoms with Gasteiger partial charge in [-0.15, -0.1) is 0 Å². The number of hydrogen-bond donors (Lipinski definition) is 3. The molecule has 1 heterocycles. The lowest BCUT2D eigenvalue weighted by Gasteiger charge is -2.22. The number of hydrazine groups is 1. The lowest BCUT2D eigenvalue weighted by atomic mass is 9.94. The fourth-order valence-electron chi connectivity index (χ4n) is 3.70. The zero-order valence-corrected chi connectivity index (χ0v) is 17.6. The molecule has 1 saturated heterocycles. The van der Waals surface area contributed by atoms with Crippen molar-refractivity contribution in [3.8, 4) is 23.0 Å². The molecule has 0 saturated carbocycles. The Kier molecular flexibility index (Phi) is 7.57. The first kappa shape index (κ1) is 21.2. The van der Waals surface area contributed by atoms with E-state index in [0.717, 1.165) is 60.2 Å². The lowest BCUT2D eigenvalue weighted by molar-refractivity contribution is 0.374. The Morgan fingerprint density at radius 3 is 2.28 bits per heavy atom. The van der Waals surface area contributed by atoms with Crippen molar-refractivity contribution in [1.82, 2.24) is 16.2 Å². The van der Waals surface area contributed by atoms with Gasteiger partial charge < -0.3 is 24.3 Å². The highest BCUT2D eigenvalue weighted by molar-refractivity contribution is 5.43. The van der Waals surface area contributed by atoms with E-state index in [1.807, 2.05) is 24.3 Å². The number of ether oxygens (including phenoxy) is 4. The topological polar surface area (TPSA) is 73.0 Å². The summed E-state index contributed by atoms with van der Waals surface area (Å²) in [6, 6.07) is 12.1. The third-order valence-corrected chi connectivity index (χ3v) is 5.34. The third kappa shape index (κ3) is 5.12. The number of rotatable bonds is 10. The van der Waals surface area contributed by atoms with Gasteiger partial charge in [-0.2, -0.15) is 0 Å². The smallest absolute Gasteiger partial charge is 0.127 e. The first-order valence-electron chi connectivity index (χ1n) is 9.82. The van der Waals surface area contributed by atoms with Crippen molar-refractivity contribution < 1.29 is 18.9 Å². The molecule has 0 bridgehead atoms. The lowest BCUT2D eigenvalue weighted by Crippen LogP contribution is -2.30. The second kappa shape index (κ2) is 10.3.